The highest BCUT2D eigenvalue weighted by molar-refractivity contribution is 5.79. The molecule has 130 valence electrons. The van der Waals surface area contributed by atoms with E-state index in [1.54, 1.807) is 0 Å². The summed E-state index contributed by atoms with van der Waals surface area (Å²) in [6.07, 6.45) is 10.9. The van der Waals surface area contributed by atoms with E-state index < -0.39 is 0 Å². The average Bonchev–Trinajstić information content (AvgIpc) is 2.85. The van der Waals surface area contributed by atoms with E-state index in [1.165, 1.54) is 38.5 Å². The van der Waals surface area contributed by atoms with Gasteiger partial charge in [0.05, 0.1) is 6.10 Å². The van der Waals surface area contributed by atoms with Crippen molar-refractivity contribution >= 4 is 5.78 Å². The van der Waals surface area contributed by atoms with Gasteiger partial charge in [0, 0.05) is 5.92 Å². The molecule has 4 rings (SSSR count). The van der Waals surface area contributed by atoms with Crippen LogP contribution in [0.1, 0.15) is 78.6 Å². The van der Waals surface area contributed by atoms with E-state index >= 15 is 0 Å². The Morgan fingerprint density at radius 1 is 0.913 bits per heavy atom. The number of rotatable bonds is 1. The summed E-state index contributed by atoms with van der Waals surface area (Å²) in [7, 11) is 0. The molecular weight excluding hydrogens is 284 g/mol. The minimum absolute atomic E-state index is 0.0490. The van der Waals surface area contributed by atoms with Crippen molar-refractivity contribution in [2.45, 2.75) is 84.7 Å². The molecule has 1 N–H and O–H groups in total. The van der Waals surface area contributed by atoms with Gasteiger partial charge in [-0.15, -0.1) is 0 Å². The molecule has 0 aliphatic heterocycles. The van der Waals surface area contributed by atoms with E-state index in [0.29, 0.717) is 17.1 Å². The van der Waals surface area contributed by atoms with Gasteiger partial charge in [-0.1, -0.05) is 13.8 Å². The highest BCUT2D eigenvalue weighted by Gasteiger charge is 2.60. The molecule has 0 radical (unpaired) electrons. The van der Waals surface area contributed by atoms with Gasteiger partial charge < -0.3 is 5.11 Å². The van der Waals surface area contributed by atoms with E-state index in [0.717, 1.165) is 42.9 Å². The smallest absolute Gasteiger partial charge is 0.133 e. The number of fused-ring (bicyclic) bond motifs is 5. The molecule has 0 heterocycles. The number of aliphatic hydroxyl groups is 1. The molecule has 2 nitrogen and oxygen atoms in total. The van der Waals surface area contributed by atoms with Crippen molar-refractivity contribution in [3.8, 4) is 0 Å². The molecule has 0 bridgehead atoms. The molecule has 23 heavy (non-hydrogen) atoms. The Kier molecular flexibility index (Phi) is 3.72. The van der Waals surface area contributed by atoms with Crippen molar-refractivity contribution < 1.29 is 9.90 Å². The SMILES string of the molecule is CC(=O)[C@H]1CCC2C3CCC4CC(O)CCC4(C)C3CCC21C. The molecule has 0 spiro atoms. The van der Waals surface area contributed by atoms with Crippen molar-refractivity contribution in [1.82, 2.24) is 0 Å². The van der Waals surface area contributed by atoms with Crippen LogP contribution in [0.2, 0.25) is 0 Å². The van der Waals surface area contributed by atoms with Crippen LogP contribution in [-0.4, -0.2) is 17.0 Å². The number of ketones is 1. The summed E-state index contributed by atoms with van der Waals surface area (Å²) >= 11 is 0. The Bertz CT molecular complexity index is 500. The topological polar surface area (TPSA) is 37.3 Å². The Morgan fingerprint density at radius 3 is 2.35 bits per heavy atom. The lowest BCUT2D eigenvalue weighted by molar-refractivity contribution is -0.138. The van der Waals surface area contributed by atoms with E-state index in [9.17, 15) is 9.90 Å². The largest absolute Gasteiger partial charge is 0.393 e. The Morgan fingerprint density at radius 2 is 1.61 bits per heavy atom. The van der Waals surface area contributed by atoms with Crippen LogP contribution in [0.4, 0.5) is 0 Å². The summed E-state index contributed by atoms with van der Waals surface area (Å²) in [6, 6.07) is 0. The summed E-state index contributed by atoms with van der Waals surface area (Å²) in [4.78, 5) is 12.2. The third-order valence-electron chi connectivity index (χ3n) is 9.13. The molecule has 4 aliphatic carbocycles. The van der Waals surface area contributed by atoms with Crippen molar-refractivity contribution in [3.05, 3.63) is 0 Å². The normalized spacial score (nSPS) is 55.7. The second-order valence-electron chi connectivity index (χ2n) is 9.87. The monoisotopic (exact) mass is 318 g/mol. The second-order valence-corrected chi connectivity index (χ2v) is 9.87. The lowest BCUT2D eigenvalue weighted by atomic mass is 9.44. The summed E-state index contributed by atoms with van der Waals surface area (Å²) in [5, 5.41) is 10.1. The molecule has 4 aliphatic rings. The molecule has 4 fully saturated rings. The van der Waals surface area contributed by atoms with Crippen molar-refractivity contribution in [3.63, 3.8) is 0 Å². The fourth-order valence-corrected chi connectivity index (χ4v) is 7.90. The molecule has 0 saturated heterocycles. The highest BCUT2D eigenvalue weighted by atomic mass is 16.3. The quantitative estimate of drug-likeness (QED) is 0.767. The first-order chi connectivity index (χ1) is 10.9. The average molecular weight is 319 g/mol. The lowest BCUT2D eigenvalue weighted by Crippen LogP contribution is -2.54. The van der Waals surface area contributed by atoms with Crippen molar-refractivity contribution in [2.24, 2.45) is 40.4 Å². The van der Waals surface area contributed by atoms with Crippen LogP contribution in [0, 0.1) is 40.4 Å². The van der Waals surface area contributed by atoms with Gasteiger partial charge in [0.2, 0.25) is 0 Å². The van der Waals surface area contributed by atoms with Crippen LogP contribution >= 0.6 is 0 Å². The summed E-state index contributed by atoms with van der Waals surface area (Å²) in [5.74, 6) is 3.97. The maximum absolute atomic E-state index is 12.2. The molecular formula is C21H34O2. The molecule has 2 heteroatoms. The molecule has 0 aromatic rings. The lowest BCUT2D eigenvalue weighted by Gasteiger charge is -2.60. The van der Waals surface area contributed by atoms with E-state index in [-0.39, 0.29) is 11.5 Å². The van der Waals surface area contributed by atoms with E-state index in [4.69, 9.17) is 0 Å². The van der Waals surface area contributed by atoms with Gasteiger partial charge in [-0.05, 0) is 99.2 Å². The first-order valence-electron chi connectivity index (χ1n) is 10.0. The van der Waals surface area contributed by atoms with Gasteiger partial charge in [-0.25, -0.2) is 0 Å². The molecule has 8 atom stereocenters. The van der Waals surface area contributed by atoms with Crippen LogP contribution in [0.25, 0.3) is 0 Å². The molecule has 0 aromatic carbocycles. The van der Waals surface area contributed by atoms with Crippen LogP contribution in [0.5, 0.6) is 0 Å². The maximum atomic E-state index is 12.2. The number of carbonyl (C=O) groups is 1. The highest BCUT2D eigenvalue weighted by Crippen LogP contribution is 2.67. The fourth-order valence-electron chi connectivity index (χ4n) is 7.90. The van der Waals surface area contributed by atoms with Gasteiger partial charge in [0.1, 0.15) is 5.78 Å². The summed E-state index contributed by atoms with van der Waals surface area (Å²) < 4.78 is 0. The third-order valence-corrected chi connectivity index (χ3v) is 9.13. The van der Waals surface area contributed by atoms with Crippen LogP contribution < -0.4 is 0 Å². The molecule has 0 amide bonds. The minimum Gasteiger partial charge on any atom is -0.393 e. The first kappa shape index (κ1) is 16.1. The minimum atomic E-state index is -0.0490. The Hall–Kier alpha value is -0.370. The van der Waals surface area contributed by atoms with Crippen molar-refractivity contribution in [2.75, 3.05) is 0 Å². The van der Waals surface area contributed by atoms with Crippen molar-refractivity contribution in [1.29, 1.82) is 0 Å². The van der Waals surface area contributed by atoms with Gasteiger partial charge in [-0.2, -0.15) is 0 Å². The standard InChI is InChI=1S/C21H34O2/c1-13(22)17-6-7-18-16-5-4-14-12-15(23)8-10-20(14,2)19(16)9-11-21(17,18)3/h14-19,23H,4-12H2,1-3H3/t14?,15?,16?,17-,18?,19?,20?,21?/m1/s1. The van der Waals surface area contributed by atoms with Gasteiger partial charge in [0.25, 0.3) is 0 Å². The Labute approximate surface area is 141 Å². The van der Waals surface area contributed by atoms with E-state index in [2.05, 4.69) is 13.8 Å². The second kappa shape index (κ2) is 5.31. The summed E-state index contributed by atoms with van der Waals surface area (Å²) in [5.41, 5.74) is 0.738. The number of Topliss-reactive ketones (excluding diaryl/α,β-unsaturated/α-hetero) is 1. The van der Waals surface area contributed by atoms with Gasteiger partial charge in [0.15, 0.2) is 0 Å². The zero-order valence-electron chi connectivity index (χ0n) is 15.2. The predicted octanol–water partition coefficient (Wildman–Crippen LogP) is 4.60. The maximum Gasteiger partial charge on any atom is 0.133 e. The van der Waals surface area contributed by atoms with Crippen LogP contribution in [0.15, 0.2) is 0 Å². The Balaban J connectivity index is 1.61. The number of hydrogen-bond acceptors (Lipinski definition) is 2. The predicted molar refractivity (Wildman–Crippen MR) is 91.9 cm³/mol. The van der Waals surface area contributed by atoms with Gasteiger partial charge in [-0.3, -0.25) is 4.79 Å². The zero-order chi connectivity index (χ0) is 16.4. The first-order valence-corrected chi connectivity index (χ1v) is 10.0. The number of carbonyl (C=O) groups excluding carboxylic acids is 1. The number of hydrogen-bond donors (Lipinski definition) is 1. The van der Waals surface area contributed by atoms with Gasteiger partial charge >= 0.3 is 0 Å². The number of aliphatic hydroxyl groups excluding tert-OH is 1. The fraction of sp³-hybridized carbons (Fsp3) is 0.952. The third kappa shape index (κ3) is 2.19. The van der Waals surface area contributed by atoms with E-state index in [1.807, 2.05) is 6.92 Å². The van der Waals surface area contributed by atoms with Crippen LogP contribution in [0.3, 0.4) is 0 Å². The molecule has 4 saturated carbocycles. The summed E-state index contributed by atoms with van der Waals surface area (Å²) in [6.45, 7) is 6.80. The molecule has 7 unspecified atom stereocenters. The zero-order valence-corrected chi connectivity index (χ0v) is 15.2. The van der Waals surface area contributed by atoms with Crippen LogP contribution in [-0.2, 0) is 4.79 Å². The molecule has 0 aromatic heterocycles.